The molecule has 1 aliphatic heterocycles. The summed E-state index contributed by atoms with van der Waals surface area (Å²) in [7, 11) is 3.36. The first-order valence-corrected chi connectivity index (χ1v) is 7.02. The van der Waals surface area contributed by atoms with Crippen LogP contribution in [0.1, 0.15) is 12.8 Å². The largest absolute Gasteiger partial charge is 0.493 e. The Morgan fingerprint density at radius 1 is 1.16 bits per heavy atom. The van der Waals surface area contributed by atoms with Crippen LogP contribution >= 0.6 is 0 Å². The Balaban J connectivity index is 1.76. The zero-order valence-corrected chi connectivity index (χ0v) is 11.7. The Hall–Kier alpha value is -1.42. The third kappa shape index (κ3) is 2.63. The average Bonchev–Trinajstić information content (AvgIpc) is 3.31. The zero-order valence-electron chi connectivity index (χ0n) is 11.7. The molecule has 3 rings (SSSR count). The molecule has 1 saturated carbocycles. The van der Waals surface area contributed by atoms with Crippen LogP contribution in [0.2, 0.25) is 0 Å². The van der Waals surface area contributed by atoms with Gasteiger partial charge in [0.2, 0.25) is 0 Å². The zero-order chi connectivity index (χ0) is 13.2. The van der Waals surface area contributed by atoms with Crippen molar-refractivity contribution in [1.29, 1.82) is 0 Å². The molecule has 0 radical (unpaired) electrons. The minimum atomic E-state index is 0.654. The van der Waals surface area contributed by atoms with Gasteiger partial charge in [-0.25, -0.2) is 0 Å². The predicted octanol–water partition coefficient (Wildman–Crippen LogP) is 1.89. The third-order valence-corrected chi connectivity index (χ3v) is 4.13. The standard InChI is InChI=1S/C15H22N2O2/c1-18-14-6-5-12(9-15(14)19-2)17-8-7-16-13(10-17)11-3-4-11/h5-6,9,11,13,16H,3-4,7-8,10H2,1-2H3. The van der Waals surface area contributed by atoms with Crippen LogP contribution in [0.25, 0.3) is 0 Å². The van der Waals surface area contributed by atoms with Crippen molar-refractivity contribution in [3.05, 3.63) is 18.2 Å². The van der Waals surface area contributed by atoms with Crippen LogP contribution in [-0.2, 0) is 0 Å². The summed E-state index contributed by atoms with van der Waals surface area (Å²) in [5.41, 5.74) is 1.23. The minimum Gasteiger partial charge on any atom is -0.493 e. The number of anilines is 1. The van der Waals surface area contributed by atoms with Crippen LogP contribution in [-0.4, -0.2) is 39.9 Å². The predicted molar refractivity (Wildman–Crippen MR) is 76.3 cm³/mol. The molecule has 2 aliphatic rings. The first kappa shape index (κ1) is 12.6. The van der Waals surface area contributed by atoms with Crippen LogP contribution in [0.3, 0.4) is 0 Å². The van der Waals surface area contributed by atoms with E-state index in [0.717, 1.165) is 37.1 Å². The highest BCUT2D eigenvalue weighted by atomic mass is 16.5. The SMILES string of the molecule is COc1ccc(N2CCNC(C3CC3)C2)cc1OC. The summed E-state index contributed by atoms with van der Waals surface area (Å²) in [6.45, 7) is 3.22. The number of hydrogen-bond donors (Lipinski definition) is 1. The Kier molecular flexibility index (Phi) is 3.51. The summed E-state index contributed by atoms with van der Waals surface area (Å²) in [5.74, 6) is 2.49. The monoisotopic (exact) mass is 262 g/mol. The van der Waals surface area contributed by atoms with E-state index < -0.39 is 0 Å². The second-order valence-electron chi connectivity index (χ2n) is 5.38. The first-order valence-electron chi connectivity index (χ1n) is 7.02. The van der Waals surface area contributed by atoms with Crippen LogP contribution in [0.4, 0.5) is 5.69 Å². The number of nitrogens with zero attached hydrogens (tertiary/aromatic N) is 1. The summed E-state index contributed by atoms with van der Waals surface area (Å²) in [5, 5.41) is 3.63. The highest BCUT2D eigenvalue weighted by molar-refractivity contribution is 5.56. The summed E-state index contributed by atoms with van der Waals surface area (Å²) in [4.78, 5) is 2.45. The quantitative estimate of drug-likeness (QED) is 0.898. The van der Waals surface area contributed by atoms with E-state index in [9.17, 15) is 0 Å². The Labute approximate surface area is 114 Å². The summed E-state index contributed by atoms with van der Waals surface area (Å²) in [6.07, 6.45) is 2.77. The Morgan fingerprint density at radius 2 is 1.95 bits per heavy atom. The lowest BCUT2D eigenvalue weighted by molar-refractivity contribution is 0.354. The fraction of sp³-hybridized carbons (Fsp3) is 0.600. The van der Waals surface area contributed by atoms with Crippen LogP contribution in [0.15, 0.2) is 18.2 Å². The van der Waals surface area contributed by atoms with Gasteiger partial charge in [-0.15, -0.1) is 0 Å². The van der Waals surface area contributed by atoms with E-state index in [1.54, 1.807) is 14.2 Å². The van der Waals surface area contributed by atoms with Crippen molar-refractivity contribution in [2.45, 2.75) is 18.9 Å². The number of methoxy groups -OCH3 is 2. The van der Waals surface area contributed by atoms with E-state index in [-0.39, 0.29) is 0 Å². The highest BCUT2D eigenvalue weighted by Crippen LogP contribution is 2.36. The van der Waals surface area contributed by atoms with Gasteiger partial charge in [0.15, 0.2) is 11.5 Å². The van der Waals surface area contributed by atoms with Gasteiger partial charge in [-0.1, -0.05) is 0 Å². The molecule has 1 atom stereocenters. The average molecular weight is 262 g/mol. The molecule has 0 bridgehead atoms. The summed E-state index contributed by atoms with van der Waals surface area (Å²) < 4.78 is 10.7. The van der Waals surface area contributed by atoms with E-state index in [1.807, 2.05) is 6.07 Å². The molecule has 2 fully saturated rings. The van der Waals surface area contributed by atoms with Crippen molar-refractivity contribution in [3.63, 3.8) is 0 Å². The van der Waals surface area contributed by atoms with Crippen molar-refractivity contribution >= 4 is 5.69 Å². The highest BCUT2D eigenvalue weighted by Gasteiger charge is 2.34. The number of nitrogens with one attached hydrogen (secondary N) is 1. The Bertz CT molecular complexity index is 446. The van der Waals surface area contributed by atoms with E-state index in [0.29, 0.717) is 6.04 Å². The number of ether oxygens (including phenoxy) is 2. The molecule has 104 valence electrons. The maximum Gasteiger partial charge on any atom is 0.162 e. The number of rotatable bonds is 4. The van der Waals surface area contributed by atoms with Crippen LogP contribution in [0, 0.1) is 5.92 Å². The van der Waals surface area contributed by atoms with E-state index in [2.05, 4.69) is 22.3 Å². The van der Waals surface area contributed by atoms with Gasteiger partial charge >= 0.3 is 0 Å². The van der Waals surface area contributed by atoms with Gasteiger partial charge in [0.25, 0.3) is 0 Å². The molecule has 1 aromatic rings. The second kappa shape index (κ2) is 5.29. The third-order valence-electron chi connectivity index (χ3n) is 4.13. The lowest BCUT2D eigenvalue weighted by Gasteiger charge is -2.35. The van der Waals surface area contributed by atoms with Crippen LogP contribution < -0.4 is 19.7 Å². The molecular formula is C15H22N2O2. The smallest absolute Gasteiger partial charge is 0.162 e. The van der Waals surface area contributed by atoms with Gasteiger partial charge in [-0.05, 0) is 30.9 Å². The topological polar surface area (TPSA) is 33.7 Å². The lowest BCUT2D eigenvalue weighted by Crippen LogP contribution is -2.51. The molecule has 19 heavy (non-hydrogen) atoms. The maximum absolute atomic E-state index is 5.39. The molecule has 0 amide bonds. The molecular weight excluding hydrogens is 240 g/mol. The van der Waals surface area contributed by atoms with Crippen molar-refractivity contribution in [2.24, 2.45) is 5.92 Å². The number of piperazine rings is 1. The lowest BCUT2D eigenvalue weighted by atomic mass is 10.1. The van der Waals surface area contributed by atoms with Gasteiger partial charge in [0.1, 0.15) is 0 Å². The fourth-order valence-corrected chi connectivity index (χ4v) is 2.85. The fourth-order valence-electron chi connectivity index (χ4n) is 2.85. The van der Waals surface area contributed by atoms with Gasteiger partial charge < -0.3 is 19.7 Å². The summed E-state index contributed by atoms with van der Waals surface area (Å²) in [6, 6.07) is 6.84. The van der Waals surface area contributed by atoms with Crippen molar-refractivity contribution in [2.75, 3.05) is 38.8 Å². The first-order chi connectivity index (χ1) is 9.31. The van der Waals surface area contributed by atoms with E-state index >= 15 is 0 Å². The second-order valence-corrected chi connectivity index (χ2v) is 5.38. The summed E-state index contributed by atoms with van der Waals surface area (Å²) >= 11 is 0. The van der Waals surface area contributed by atoms with E-state index in [1.165, 1.54) is 18.5 Å². The number of benzene rings is 1. The molecule has 1 unspecified atom stereocenters. The molecule has 0 aromatic heterocycles. The van der Waals surface area contributed by atoms with Gasteiger partial charge in [0.05, 0.1) is 14.2 Å². The van der Waals surface area contributed by atoms with Crippen molar-refractivity contribution in [3.8, 4) is 11.5 Å². The minimum absolute atomic E-state index is 0.654. The van der Waals surface area contributed by atoms with Gasteiger partial charge in [-0.3, -0.25) is 0 Å². The molecule has 1 aliphatic carbocycles. The molecule has 1 heterocycles. The van der Waals surface area contributed by atoms with Gasteiger partial charge in [-0.2, -0.15) is 0 Å². The van der Waals surface area contributed by atoms with Crippen LogP contribution in [0.5, 0.6) is 11.5 Å². The number of hydrogen-bond acceptors (Lipinski definition) is 4. The van der Waals surface area contributed by atoms with E-state index in [4.69, 9.17) is 9.47 Å². The molecule has 0 spiro atoms. The molecule has 4 heteroatoms. The molecule has 4 nitrogen and oxygen atoms in total. The van der Waals surface area contributed by atoms with Crippen molar-refractivity contribution in [1.82, 2.24) is 5.32 Å². The maximum atomic E-state index is 5.39. The molecule has 1 N–H and O–H groups in total. The normalized spacial score (nSPS) is 23.3. The Morgan fingerprint density at radius 3 is 2.63 bits per heavy atom. The molecule has 1 saturated heterocycles. The molecule has 1 aromatic carbocycles. The van der Waals surface area contributed by atoms with Crippen molar-refractivity contribution < 1.29 is 9.47 Å². The van der Waals surface area contributed by atoms with Gasteiger partial charge in [0, 0.05) is 37.4 Å².